The van der Waals surface area contributed by atoms with Crippen molar-refractivity contribution >= 4 is 27.3 Å². The molecule has 2 heterocycles. The number of nitrogens with zero attached hydrogens (tertiary/aromatic N) is 1. The van der Waals surface area contributed by atoms with E-state index < -0.39 is 0 Å². The SMILES string of the molecule is CC1CC(C)CN(C(c2ccc(Br)s2)C(C)N)C1. The second-order valence-electron chi connectivity index (χ2n) is 5.85. The summed E-state index contributed by atoms with van der Waals surface area (Å²) in [5.41, 5.74) is 6.25. The van der Waals surface area contributed by atoms with Crippen LogP contribution in [0.25, 0.3) is 0 Å². The highest BCUT2D eigenvalue weighted by Gasteiger charge is 2.31. The first-order chi connectivity index (χ1) is 8.47. The standard InChI is InChI=1S/C14H23BrN2S/c1-9-6-10(2)8-17(7-9)14(11(3)16)12-4-5-13(15)18-12/h4-5,9-11,14H,6-8,16H2,1-3H3. The molecule has 4 atom stereocenters. The molecule has 4 unspecified atom stereocenters. The van der Waals surface area contributed by atoms with Gasteiger partial charge in [-0.05, 0) is 53.2 Å². The zero-order valence-electron chi connectivity index (χ0n) is 11.4. The Morgan fingerprint density at radius 3 is 2.39 bits per heavy atom. The number of thiophene rings is 1. The number of rotatable bonds is 3. The number of nitrogens with two attached hydrogens (primary N) is 1. The van der Waals surface area contributed by atoms with Crippen LogP contribution in [0.4, 0.5) is 0 Å². The van der Waals surface area contributed by atoms with Gasteiger partial charge in [-0.3, -0.25) is 4.90 Å². The van der Waals surface area contributed by atoms with Crippen molar-refractivity contribution in [3.05, 3.63) is 20.8 Å². The Kier molecular flexibility index (Phi) is 4.86. The van der Waals surface area contributed by atoms with Crippen molar-refractivity contribution in [3.8, 4) is 0 Å². The largest absolute Gasteiger partial charge is 0.326 e. The minimum absolute atomic E-state index is 0.174. The van der Waals surface area contributed by atoms with E-state index in [2.05, 4.69) is 53.7 Å². The molecule has 0 spiro atoms. The maximum atomic E-state index is 6.25. The lowest BCUT2D eigenvalue weighted by Crippen LogP contribution is -2.46. The molecule has 1 aromatic rings. The normalized spacial score (nSPS) is 29.2. The molecule has 1 aromatic heterocycles. The van der Waals surface area contributed by atoms with Crippen LogP contribution in [0.3, 0.4) is 0 Å². The molecule has 0 radical (unpaired) electrons. The summed E-state index contributed by atoms with van der Waals surface area (Å²) < 4.78 is 1.20. The van der Waals surface area contributed by atoms with Crippen LogP contribution in [0.5, 0.6) is 0 Å². The van der Waals surface area contributed by atoms with E-state index in [0.717, 1.165) is 11.8 Å². The van der Waals surface area contributed by atoms with Crippen LogP contribution in [-0.4, -0.2) is 24.0 Å². The lowest BCUT2D eigenvalue weighted by Gasteiger charge is -2.41. The third-order valence-electron chi connectivity index (χ3n) is 3.67. The van der Waals surface area contributed by atoms with Crippen molar-refractivity contribution in [1.82, 2.24) is 4.90 Å². The van der Waals surface area contributed by atoms with Crippen molar-refractivity contribution in [2.45, 2.75) is 39.3 Å². The van der Waals surface area contributed by atoms with Crippen LogP contribution in [0.15, 0.2) is 15.9 Å². The molecule has 0 amide bonds. The fraction of sp³-hybridized carbons (Fsp3) is 0.714. The van der Waals surface area contributed by atoms with Gasteiger partial charge in [0.05, 0.1) is 9.83 Å². The fourth-order valence-corrected chi connectivity index (χ4v) is 4.87. The summed E-state index contributed by atoms with van der Waals surface area (Å²) in [7, 11) is 0. The highest BCUT2D eigenvalue weighted by Crippen LogP contribution is 2.35. The van der Waals surface area contributed by atoms with Crippen molar-refractivity contribution < 1.29 is 0 Å². The van der Waals surface area contributed by atoms with Gasteiger partial charge < -0.3 is 5.73 Å². The molecule has 0 aromatic carbocycles. The maximum absolute atomic E-state index is 6.25. The van der Waals surface area contributed by atoms with E-state index in [1.54, 1.807) is 0 Å². The highest BCUT2D eigenvalue weighted by atomic mass is 79.9. The summed E-state index contributed by atoms with van der Waals surface area (Å²) in [6, 6.07) is 4.89. The van der Waals surface area contributed by atoms with Gasteiger partial charge >= 0.3 is 0 Å². The Morgan fingerprint density at radius 1 is 1.33 bits per heavy atom. The molecular formula is C14H23BrN2S. The molecule has 0 saturated carbocycles. The predicted molar refractivity (Wildman–Crippen MR) is 82.9 cm³/mol. The van der Waals surface area contributed by atoms with Gasteiger partial charge in [-0.2, -0.15) is 0 Å². The Bertz CT molecular complexity index is 381. The molecule has 4 heteroatoms. The first-order valence-electron chi connectivity index (χ1n) is 6.72. The Morgan fingerprint density at radius 2 is 1.94 bits per heavy atom. The first kappa shape index (κ1) is 14.5. The number of piperidine rings is 1. The van der Waals surface area contributed by atoms with E-state index in [0.29, 0.717) is 6.04 Å². The van der Waals surface area contributed by atoms with Crippen molar-refractivity contribution in [1.29, 1.82) is 0 Å². The van der Waals surface area contributed by atoms with Crippen molar-refractivity contribution in [3.63, 3.8) is 0 Å². The highest BCUT2D eigenvalue weighted by molar-refractivity contribution is 9.11. The molecular weight excluding hydrogens is 308 g/mol. The Labute approximate surface area is 123 Å². The monoisotopic (exact) mass is 330 g/mol. The van der Waals surface area contributed by atoms with E-state index in [1.165, 1.54) is 28.2 Å². The van der Waals surface area contributed by atoms with E-state index >= 15 is 0 Å². The average molecular weight is 331 g/mol. The predicted octanol–water partition coefficient (Wildman–Crippen LogP) is 3.88. The Hall–Kier alpha value is 0.1000. The zero-order valence-corrected chi connectivity index (χ0v) is 13.8. The second kappa shape index (κ2) is 6.04. The summed E-state index contributed by atoms with van der Waals surface area (Å²) in [4.78, 5) is 3.97. The van der Waals surface area contributed by atoms with Gasteiger partial charge in [0.2, 0.25) is 0 Å². The summed E-state index contributed by atoms with van der Waals surface area (Å²) in [5, 5.41) is 0. The molecule has 2 nitrogen and oxygen atoms in total. The van der Waals surface area contributed by atoms with Gasteiger partial charge in [0.15, 0.2) is 0 Å². The maximum Gasteiger partial charge on any atom is 0.0702 e. The second-order valence-corrected chi connectivity index (χ2v) is 8.34. The minimum atomic E-state index is 0.174. The number of hydrogen-bond donors (Lipinski definition) is 1. The van der Waals surface area contributed by atoms with E-state index in [1.807, 2.05) is 11.3 Å². The number of likely N-dealkylation sites (tertiary alicyclic amines) is 1. The molecule has 2 rings (SSSR count). The molecule has 102 valence electrons. The molecule has 2 N–H and O–H groups in total. The van der Waals surface area contributed by atoms with Crippen LogP contribution in [-0.2, 0) is 0 Å². The Balaban J connectivity index is 2.19. The van der Waals surface area contributed by atoms with E-state index in [9.17, 15) is 0 Å². The lowest BCUT2D eigenvalue weighted by molar-refractivity contribution is 0.0863. The molecule has 1 aliphatic rings. The van der Waals surface area contributed by atoms with Crippen LogP contribution in [0, 0.1) is 11.8 Å². The summed E-state index contributed by atoms with van der Waals surface area (Å²) in [6.45, 7) is 9.18. The molecule has 1 aliphatic heterocycles. The van der Waals surface area contributed by atoms with Crippen LogP contribution >= 0.6 is 27.3 Å². The molecule has 0 bridgehead atoms. The minimum Gasteiger partial charge on any atom is -0.326 e. The van der Waals surface area contributed by atoms with Crippen LogP contribution in [0.1, 0.15) is 38.1 Å². The van der Waals surface area contributed by atoms with Gasteiger partial charge in [0.1, 0.15) is 0 Å². The van der Waals surface area contributed by atoms with Gasteiger partial charge in [-0.25, -0.2) is 0 Å². The topological polar surface area (TPSA) is 29.3 Å². The molecule has 18 heavy (non-hydrogen) atoms. The van der Waals surface area contributed by atoms with Crippen LogP contribution in [0.2, 0.25) is 0 Å². The number of halogens is 1. The summed E-state index contributed by atoms with van der Waals surface area (Å²) in [5.74, 6) is 1.55. The summed E-state index contributed by atoms with van der Waals surface area (Å²) >= 11 is 5.37. The zero-order chi connectivity index (χ0) is 13.3. The molecule has 1 saturated heterocycles. The van der Waals surface area contributed by atoms with Gasteiger partial charge in [0, 0.05) is 24.0 Å². The first-order valence-corrected chi connectivity index (χ1v) is 8.33. The lowest BCUT2D eigenvalue weighted by atomic mass is 9.89. The van der Waals surface area contributed by atoms with Gasteiger partial charge in [-0.15, -0.1) is 11.3 Å². The van der Waals surface area contributed by atoms with Crippen molar-refractivity contribution in [2.75, 3.05) is 13.1 Å². The quantitative estimate of drug-likeness (QED) is 0.911. The molecule has 1 fully saturated rings. The average Bonchev–Trinajstić information content (AvgIpc) is 2.62. The smallest absolute Gasteiger partial charge is 0.0702 e. The van der Waals surface area contributed by atoms with Gasteiger partial charge in [-0.1, -0.05) is 13.8 Å². The third-order valence-corrected chi connectivity index (χ3v) is 5.37. The van der Waals surface area contributed by atoms with Gasteiger partial charge in [0.25, 0.3) is 0 Å². The fourth-order valence-electron chi connectivity index (χ4n) is 3.20. The van der Waals surface area contributed by atoms with E-state index in [-0.39, 0.29) is 6.04 Å². The summed E-state index contributed by atoms with van der Waals surface area (Å²) in [6.07, 6.45) is 1.34. The molecule has 0 aliphatic carbocycles. The van der Waals surface area contributed by atoms with E-state index in [4.69, 9.17) is 5.73 Å². The van der Waals surface area contributed by atoms with Crippen LogP contribution < -0.4 is 5.73 Å². The van der Waals surface area contributed by atoms with Crippen molar-refractivity contribution in [2.24, 2.45) is 17.6 Å². The number of hydrogen-bond acceptors (Lipinski definition) is 3. The third kappa shape index (κ3) is 3.35.